The Labute approximate surface area is 167 Å². The highest BCUT2D eigenvalue weighted by atomic mass is 16.3. The smallest absolute Gasteiger partial charge is 0.259 e. The summed E-state index contributed by atoms with van der Waals surface area (Å²) in [5.74, 6) is 0.527. The zero-order chi connectivity index (χ0) is 19.8. The highest BCUT2D eigenvalue weighted by molar-refractivity contribution is 6.07. The van der Waals surface area contributed by atoms with Crippen molar-refractivity contribution < 1.29 is 9.90 Å². The van der Waals surface area contributed by atoms with E-state index in [-0.39, 0.29) is 11.8 Å². The maximum Gasteiger partial charge on any atom is 0.259 e. The van der Waals surface area contributed by atoms with Gasteiger partial charge < -0.3 is 5.11 Å². The maximum atomic E-state index is 13.2. The van der Waals surface area contributed by atoms with Gasteiger partial charge in [-0.2, -0.15) is 5.10 Å². The average Bonchev–Trinajstić information content (AvgIpc) is 3.01. The molecule has 0 saturated carbocycles. The van der Waals surface area contributed by atoms with Crippen molar-refractivity contribution >= 4 is 11.7 Å². The second kappa shape index (κ2) is 6.91. The Kier molecular flexibility index (Phi) is 4.09. The molecule has 0 unspecified atom stereocenters. The van der Waals surface area contributed by atoms with Gasteiger partial charge in [0, 0.05) is 29.4 Å². The molecule has 0 radical (unpaired) electrons. The summed E-state index contributed by atoms with van der Waals surface area (Å²) in [6, 6.07) is 22.4. The third-order valence-corrected chi connectivity index (χ3v) is 5.11. The van der Waals surface area contributed by atoms with Crippen molar-refractivity contribution in [1.82, 2.24) is 14.8 Å². The number of hydrogen-bond acceptors (Lipinski definition) is 4. The van der Waals surface area contributed by atoms with Crippen molar-refractivity contribution in [3.63, 3.8) is 0 Å². The quantitative estimate of drug-likeness (QED) is 0.572. The van der Waals surface area contributed by atoms with Crippen LogP contribution in [0.5, 0.6) is 5.88 Å². The standard InChI is InChI=1S/C23H18N4O2/c28-22(16-8-3-1-4-9-16)26-15-13-19-20(18-12-7-14-24-21(18)26)25-27(23(19)29)17-10-5-2-6-11-17/h1-12,14,29H,13,15H2. The second-order valence-corrected chi connectivity index (χ2v) is 6.85. The molecule has 29 heavy (non-hydrogen) atoms. The Morgan fingerprint density at radius 1 is 0.931 bits per heavy atom. The summed E-state index contributed by atoms with van der Waals surface area (Å²) in [5.41, 5.74) is 3.47. The number of nitrogens with zero attached hydrogens (tertiary/aromatic N) is 4. The van der Waals surface area contributed by atoms with Crippen LogP contribution in [0.25, 0.3) is 16.9 Å². The van der Waals surface area contributed by atoms with E-state index in [1.807, 2.05) is 60.7 Å². The number of aromatic hydroxyl groups is 1. The first-order valence-electron chi connectivity index (χ1n) is 9.42. The molecule has 2 aromatic carbocycles. The Bertz CT molecular complexity index is 1190. The monoisotopic (exact) mass is 382 g/mol. The lowest BCUT2D eigenvalue weighted by Gasteiger charge is -2.21. The minimum atomic E-state index is -0.119. The number of pyridine rings is 1. The lowest BCUT2D eigenvalue weighted by molar-refractivity contribution is 0.0986. The molecular weight excluding hydrogens is 364 g/mol. The van der Waals surface area contributed by atoms with Crippen LogP contribution in [0.2, 0.25) is 0 Å². The topological polar surface area (TPSA) is 71.2 Å². The van der Waals surface area contributed by atoms with Crippen molar-refractivity contribution in [1.29, 1.82) is 0 Å². The lowest BCUT2D eigenvalue weighted by Crippen LogP contribution is -2.33. The lowest BCUT2D eigenvalue weighted by atomic mass is 10.1. The average molecular weight is 382 g/mol. The minimum absolute atomic E-state index is 0.0926. The van der Waals surface area contributed by atoms with Gasteiger partial charge in [0.15, 0.2) is 0 Å². The number of carbonyl (C=O) groups excluding carboxylic acids is 1. The van der Waals surface area contributed by atoms with E-state index in [1.165, 1.54) is 4.68 Å². The molecule has 1 aliphatic rings. The van der Waals surface area contributed by atoms with E-state index in [2.05, 4.69) is 10.1 Å². The van der Waals surface area contributed by atoms with Gasteiger partial charge in [-0.3, -0.25) is 9.69 Å². The van der Waals surface area contributed by atoms with E-state index >= 15 is 0 Å². The van der Waals surface area contributed by atoms with Crippen molar-refractivity contribution in [2.45, 2.75) is 6.42 Å². The summed E-state index contributed by atoms with van der Waals surface area (Å²) in [5, 5.41) is 15.6. The number of para-hydroxylation sites is 1. The van der Waals surface area contributed by atoms with Crippen molar-refractivity contribution in [2.75, 3.05) is 11.4 Å². The van der Waals surface area contributed by atoms with Crippen LogP contribution in [-0.4, -0.2) is 32.3 Å². The molecule has 0 spiro atoms. The summed E-state index contributed by atoms with van der Waals surface area (Å²) in [7, 11) is 0. The zero-order valence-corrected chi connectivity index (χ0v) is 15.6. The minimum Gasteiger partial charge on any atom is -0.493 e. The van der Waals surface area contributed by atoms with Crippen molar-refractivity contribution in [3.8, 4) is 22.8 Å². The van der Waals surface area contributed by atoms with Gasteiger partial charge in [0.25, 0.3) is 5.91 Å². The number of anilines is 1. The van der Waals surface area contributed by atoms with Gasteiger partial charge in [-0.1, -0.05) is 36.4 Å². The second-order valence-electron chi connectivity index (χ2n) is 6.85. The molecule has 2 aromatic heterocycles. The molecule has 6 heteroatoms. The number of fused-ring (bicyclic) bond motifs is 3. The fourth-order valence-electron chi connectivity index (χ4n) is 3.70. The number of carbonyl (C=O) groups is 1. The van der Waals surface area contributed by atoms with E-state index in [0.29, 0.717) is 35.6 Å². The van der Waals surface area contributed by atoms with Crippen LogP contribution in [-0.2, 0) is 6.42 Å². The molecule has 142 valence electrons. The van der Waals surface area contributed by atoms with Crippen LogP contribution in [0, 0.1) is 0 Å². The number of hydrogen-bond donors (Lipinski definition) is 1. The molecule has 1 N–H and O–H groups in total. The molecule has 3 heterocycles. The van der Waals surface area contributed by atoms with Gasteiger partial charge in [-0.25, -0.2) is 9.67 Å². The van der Waals surface area contributed by atoms with E-state index in [0.717, 1.165) is 11.3 Å². The molecule has 1 amide bonds. The Morgan fingerprint density at radius 2 is 1.66 bits per heavy atom. The van der Waals surface area contributed by atoms with Crippen LogP contribution in [0.15, 0.2) is 79.0 Å². The first-order valence-corrected chi connectivity index (χ1v) is 9.42. The van der Waals surface area contributed by atoms with Gasteiger partial charge in [0.05, 0.1) is 5.69 Å². The van der Waals surface area contributed by atoms with Crippen LogP contribution in [0.3, 0.4) is 0 Å². The molecule has 4 aromatic rings. The van der Waals surface area contributed by atoms with Crippen molar-refractivity contribution in [2.24, 2.45) is 0 Å². The van der Waals surface area contributed by atoms with E-state index in [4.69, 9.17) is 0 Å². The highest BCUT2D eigenvalue weighted by Gasteiger charge is 2.30. The van der Waals surface area contributed by atoms with Crippen molar-refractivity contribution in [3.05, 3.63) is 90.1 Å². The largest absolute Gasteiger partial charge is 0.493 e. The Morgan fingerprint density at radius 3 is 2.41 bits per heavy atom. The fourth-order valence-corrected chi connectivity index (χ4v) is 3.70. The molecular formula is C23H18N4O2. The Balaban J connectivity index is 1.64. The fraction of sp³-hybridized carbons (Fsp3) is 0.0870. The number of benzene rings is 2. The van der Waals surface area contributed by atoms with Gasteiger partial charge in [-0.15, -0.1) is 0 Å². The number of rotatable bonds is 2. The van der Waals surface area contributed by atoms with E-state index in [1.54, 1.807) is 23.2 Å². The summed E-state index contributed by atoms with van der Waals surface area (Å²) in [4.78, 5) is 19.3. The number of amides is 1. The van der Waals surface area contributed by atoms with Crippen LogP contribution < -0.4 is 4.90 Å². The maximum absolute atomic E-state index is 13.2. The van der Waals surface area contributed by atoms with Gasteiger partial charge in [0.1, 0.15) is 11.5 Å². The van der Waals surface area contributed by atoms with Gasteiger partial charge >= 0.3 is 0 Å². The van der Waals surface area contributed by atoms with E-state index in [9.17, 15) is 9.90 Å². The van der Waals surface area contributed by atoms with Crippen LogP contribution >= 0.6 is 0 Å². The zero-order valence-electron chi connectivity index (χ0n) is 15.6. The molecule has 6 nitrogen and oxygen atoms in total. The van der Waals surface area contributed by atoms with E-state index < -0.39 is 0 Å². The summed E-state index contributed by atoms with van der Waals surface area (Å²) in [6.45, 7) is 0.402. The molecule has 0 fully saturated rings. The van der Waals surface area contributed by atoms with Gasteiger partial charge in [-0.05, 0) is 42.8 Å². The predicted octanol–water partition coefficient (Wildman–Crippen LogP) is 3.84. The highest BCUT2D eigenvalue weighted by Crippen LogP contribution is 2.39. The first-order chi connectivity index (χ1) is 14.2. The SMILES string of the molecule is O=C(c1ccccc1)N1CCc2c(nn(-c3ccccc3)c2O)-c2cccnc21. The summed E-state index contributed by atoms with van der Waals surface area (Å²) < 4.78 is 1.54. The normalized spacial score (nSPS) is 12.8. The van der Waals surface area contributed by atoms with Crippen LogP contribution in [0.1, 0.15) is 15.9 Å². The molecule has 5 rings (SSSR count). The summed E-state index contributed by atoms with van der Waals surface area (Å²) >= 11 is 0. The molecule has 0 atom stereocenters. The molecule has 0 saturated heterocycles. The number of aromatic nitrogens is 3. The molecule has 0 bridgehead atoms. The van der Waals surface area contributed by atoms with Gasteiger partial charge in [0.2, 0.25) is 5.88 Å². The first kappa shape index (κ1) is 17.2. The third kappa shape index (κ3) is 2.86. The Hall–Kier alpha value is -3.93. The molecule has 1 aliphatic heterocycles. The summed E-state index contributed by atoms with van der Waals surface area (Å²) in [6.07, 6.45) is 2.14. The third-order valence-electron chi connectivity index (χ3n) is 5.11. The molecule has 0 aliphatic carbocycles. The predicted molar refractivity (Wildman–Crippen MR) is 110 cm³/mol. The van der Waals surface area contributed by atoms with Crippen LogP contribution in [0.4, 0.5) is 5.82 Å².